The molecule has 4 nitrogen and oxygen atoms in total. The van der Waals surface area contributed by atoms with Gasteiger partial charge in [0.25, 0.3) is 10.0 Å². The van der Waals surface area contributed by atoms with Crippen molar-refractivity contribution >= 4 is 10.0 Å². The molecule has 0 amide bonds. The van der Waals surface area contributed by atoms with Crippen molar-refractivity contribution in [3.63, 3.8) is 0 Å². The van der Waals surface area contributed by atoms with E-state index in [0.29, 0.717) is 11.4 Å². The van der Waals surface area contributed by atoms with E-state index in [0.717, 1.165) is 6.42 Å². The third-order valence-corrected chi connectivity index (χ3v) is 4.11. The summed E-state index contributed by atoms with van der Waals surface area (Å²) in [6.07, 6.45) is 0.782. The minimum atomic E-state index is -3.40. The predicted octanol–water partition coefficient (Wildman–Crippen LogP) is 1.56. The van der Waals surface area contributed by atoms with Gasteiger partial charge < -0.3 is 0 Å². The minimum Gasteiger partial charge on any atom is -0.234 e. The van der Waals surface area contributed by atoms with E-state index in [1.165, 1.54) is 4.41 Å². The van der Waals surface area contributed by atoms with Crippen LogP contribution in [0.15, 0.2) is 35.2 Å². The lowest BCUT2D eigenvalue weighted by atomic mass is 10.4. The average molecular weight is 242 g/mol. The first-order valence-electron chi connectivity index (χ1n) is 5.25. The molecule has 5 heteroatoms. The molecule has 0 saturated heterocycles. The zero-order chi connectivity index (χ0) is 12.2. The summed E-state index contributed by atoms with van der Waals surface area (Å²) in [7, 11) is 0.0614. The molecule has 1 rings (SSSR count). The standard InChI is InChI=1S/C11H18N2O2S/c1-4-10-13(12(2)3)16(14,15)11-8-6-5-7-9-11/h5-9H,4,10H2,1-3H3. The summed E-state index contributed by atoms with van der Waals surface area (Å²) < 4.78 is 25.9. The molecule has 0 bridgehead atoms. The second kappa shape index (κ2) is 5.43. The van der Waals surface area contributed by atoms with Crippen LogP contribution in [-0.2, 0) is 10.0 Å². The summed E-state index contributed by atoms with van der Waals surface area (Å²) in [5.41, 5.74) is 0. The monoisotopic (exact) mass is 242 g/mol. The molecule has 0 N–H and O–H groups in total. The van der Waals surface area contributed by atoms with Gasteiger partial charge in [-0.3, -0.25) is 0 Å². The molecule has 0 spiro atoms. The number of hydrogen-bond donors (Lipinski definition) is 0. The highest BCUT2D eigenvalue weighted by Crippen LogP contribution is 2.15. The van der Waals surface area contributed by atoms with Crippen LogP contribution in [-0.4, -0.2) is 38.5 Å². The lowest BCUT2D eigenvalue weighted by Gasteiger charge is -2.27. The van der Waals surface area contributed by atoms with Crippen LogP contribution in [0, 0.1) is 0 Å². The van der Waals surface area contributed by atoms with Gasteiger partial charge in [-0.25, -0.2) is 13.4 Å². The first-order chi connectivity index (χ1) is 7.50. The highest BCUT2D eigenvalue weighted by Gasteiger charge is 2.24. The molecule has 0 unspecified atom stereocenters. The van der Waals surface area contributed by atoms with Crippen LogP contribution in [0.3, 0.4) is 0 Å². The topological polar surface area (TPSA) is 40.6 Å². The van der Waals surface area contributed by atoms with E-state index in [1.54, 1.807) is 49.4 Å². The SMILES string of the molecule is CCCN(N(C)C)S(=O)(=O)c1ccccc1. The Balaban J connectivity index is 3.09. The smallest absolute Gasteiger partial charge is 0.234 e. The normalized spacial score (nSPS) is 12.3. The summed E-state index contributed by atoms with van der Waals surface area (Å²) >= 11 is 0. The molecule has 0 aromatic heterocycles. The minimum absolute atomic E-state index is 0.331. The van der Waals surface area contributed by atoms with E-state index < -0.39 is 10.0 Å². The van der Waals surface area contributed by atoms with Crippen LogP contribution >= 0.6 is 0 Å². The first kappa shape index (κ1) is 13.2. The predicted molar refractivity (Wildman–Crippen MR) is 64.3 cm³/mol. The van der Waals surface area contributed by atoms with Crippen molar-refractivity contribution in [1.82, 2.24) is 9.42 Å². The Labute approximate surface area is 97.5 Å². The van der Waals surface area contributed by atoms with Crippen molar-refractivity contribution in [2.24, 2.45) is 0 Å². The fourth-order valence-electron chi connectivity index (χ4n) is 1.44. The van der Waals surface area contributed by atoms with Crippen molar-refractivity contribution in [2.75, 3.05) is 20.6 Å². The van der Waals surface area contributed by atoms with Gasteiger partial charge in [-0.15, -0.1) is 4.41 Å². The van der Waals surface area contributed by atoms with Gasteiger partial charge >= 0.3 is 0 Å². The van der Waals surface area contributed by atoms with E-state index in [1.807, 2.05) is 6.92 Å². The van der Waals surface area contributed by atoms with E-state index in [2.05, 4.69) is 0 Å². The molecular weight excluding hydrogens is 224 g/mol. The number of sulfonamides is 1. The molecule has 0 atom stereocenters. The fourth-order valence-corrected chi connectivity index (χ4v) is 3.04. The molecule has 0 radical (unpaired) electrons. The van der Waals surface area contributed by atoms with Crippen LogP contribution < -0.4 is 0 Å². The number of hydrazine groups is 1. The van der Waals surface area contributed by atoms with Crippen LogP contribution in [0.25, 0.3) is 0 Å². The Bertz CT molecular complexity index is 415. The Morgan fingerprint density at radius 2 is 1.69 bits per heavy atom. The molecular formula is C11H18N2O2S. The van der Waals surface area contributed by atoms with Gasteiger partial charge in [-0.05, 0) is 18.6 Å². The van der Waals surface area contributed by atoms with Gasteiger partial charge in [0.2, 0.25) is 0 Å². The molecule has 0 aliphatic heterocycles. The van der Waals surface area contributed by atoms with Gasteiger partial charge in [0.15, 0.2) is 0 Å². The largest absolute Gasteiger partial charge is 0.255 e. The summed E-state index contributed by atoms with van der Waals surface area (Å²) in [5, 5.41) is 1.60. The Morgan fingerprint density at radius 3 is 2.12 bits per heavy atom. The van der Waals surface area contributed by atoms with Crippen molar-refractivity contribution in [3.05, 3.63) is 30.3 Å². The van der Waals surface area contributed by atoms with Crippen molar-refractivity contribution < 1.29 is 8.42 Å². The third kappa shape index (κ3) is 2.81. The number of benzene rings is 1. The van der Waals surface area contributed by atoms with Gasteiger partial charge in [-0.2, -0.15) is 0 Å². The number of nitrogens with zero attached hydrogens (tertiary/aromatic N) is 2. The molecule has 0 saturated carbocycles. The molecule has 0 aliphatic rings. The van der Waals surface area contributed by atoms with Crippen LogP contribution in [0.2, 0.25) is 0 Å². The van der Waals surface area contributed by atoms with E-state index in [4.69, 9.17) is 0 Å². The quantitative estimate of drug-likeness (QED) is 0.736. The molecule has 0 heterocycles. The average Bonchev–Trinajstić information content (AvgIpc) is 2.26. The maximum absolute atomic E-state index is 12.2. The molecule has 16 heavy (non-hydrogen) atoms. The highest BCUT2D eigenvalue weighted by atomic mass is 32.2. The van der Waals surface area contributed by atoms with Crippen molar-refractivity contribution in [3.8, 4) is 0 Å². The van der Waals surface area contributed by atoms with Crippen molar-refractivity contribution in [2.45, 2.75) is 18.2 Å². The van der Waals surface area contributed by atoms with Crippen LogP contribution in [0.1, 0.15) is 13.3 Å². The van der Waals surface area contributed by atoms with Crippen molar-refractivity contribution in [1.29, 1.82) is 0 Å². The molecule has 0 aliphatic carbocycles. The first-order valence-corrected chi connectivity index (χ1v) is 6.69. The zero-order valence-electron chi connectivity index (χ0n) is 9.92. The van der Waals surface area contributed by atoms with Gasteiger partial charge in [-0.1, -0.05) is 25.1 Å². The third-order valence-electron chi connectivity index (χ3n) is 2.18. The van der Waals surface area contributed by atoms with E-state index in [9.17, 15) is 8.42 Å². The summed E-state index contributed by atoms with van der Waals surface area (Å²) in [6, 6.07) is 8.49. The Hall–Kier alpha value is -0.910. The van der Waals surface area contributed by atoms with Gasteiger partial charge in [0.1, 0.15) is 0 Å². The maximum Gasteiger partial charge on any atom is 0.255 e. The van der Waals surface area contributed by atoms with Crippen LogP contribution in [0.5, 0.6) is 0 Å². The maximum atomic E-state index is 12.2. The van der Waals surface area contributed by atoms with Gasteiger partial charge in [0.05, 0.1) is 4.90 Å². The molecule has 1 aromatic carbocycles. The van der Waals surface area contributed by atoms with Gasteiger partial charge in [0, 0.05) is 20.6 Å². The second-order valence-corrected chi connectivity index (χ2v) is 5.55. The number of rotatable bonds is 5. The molecule has 1 aromatic rings. The molecule has 90 valence electrons. The van der Waals surface area contributed by atoms with E-state index in [-0.39, 0.29) is 0 Å². The van der Waals surface area contributed by atoms with E-state index >= 15 is 0 Å². The summed E-state index contributed by atoms with van der Waals surface area (Å²) in [5.74, 6) is 0. The Morgan fingerprint density at radius 1 is 1.12 bits per heavy atom. The Kier molecular flexibility index (Phi) is 4.46. The fraction of sp³-hybridized carbons (Fsp3) is 0.455. The lowest BCUT2D eigenvalue weighted by molar-refractivity contribution is 0.127. The number of hydrogen-bond acceptors (Lipinski definition) is 3. The molecule has 0 fully saturated rings. The summed E-state index contributed by atoms with van der Waals surface area (Å²) in [6.45, 7) is 2.45. The lowest BCUT2D eigenvalue weighted by Crippen LogP contribution is -2.42. The zero-order valence-corrected chi connectivity index (χ0v) is 10.7. The summed E-state index contributed by atoms with van der Waals surface area (Å²) in [4.78, 5) is 0.331. The highest BCUT2D eigenvalue weighted by molar-refractivity contribution is 7.89. The second-order valence-electron chi connectivity index (χ2n) is 3.71. The van der Waals surface area contributed by atoms with Crippen LogP contribution in [0.4, 0.5) is 0 Å².